The topological polar surface area (TPSA) is 189 Å². The van der Waals surface area contributed by atoms with Crippen LogP contribution in [0.1, 0.15) is 234 Å². The summed E-state index contributed by atoms with van der Waals surface area (Å²) < 4.78 is 47.8. The molecule has 6 aliphatic heterocycles. The molecule has 0 saturated carbocycles. The number of nitrogens with one attached hydrogen (secondary N) is 1. The summed E-state index contributed by atoms with van der Waals surface area (Å²) in [5, 5.41) is 31.7. The first-order valence-corrected chi connectivity index (χ1v) is 30.6. The second-order valence-corrected chi connectivity index (χ2v) is 29.1. The molecular weight excluding hydrogens is 1160 g/mol. The van der Waals surface area contributed by atoms with E-state index in [-0.39, 0.29) is 84.3 Å². The van der Waals surface area contributed by atoms with Gasteiger partial charge in [0.1, 0.15) is 41.3 Å². The van der Waals surface area contributed by atoms with Gasteiger partial charge in [-0.3, -0.25) is 29.4 Å². The highest BCUT2D eigenvalue weighted by atomic mass is 19.4. The van der Waals surface area contributed by atoms with Crippen LogP contribution in [0.2, 0.25) is 0 Å². The average Bonchev–Trinajstić information content (AvgIpc) is 1.73. The van der Waals surface area contributed by atoms with Crippen molar-refractivity contribution in [1.82, 2.24) is 108 Å². The van der Waals surface area contributed by atoms with Gasteiger partial charge < -0.3 is 27.8 Å². The highest BCUT2D eigenvalue weighted by Gasteiger charge is 2.41. The number of nitrogens with zero attached hydrogens (tertiary/aromatic N) is 21. The lowest BCUT2D eigenvalue weighted by Crippen LogP contribution is -2.46. The first-order chi connectivity index (χ1) is 39.4. The standard InChI is InChI=1S/C11H20N4.C10H15F3N4.C10H18N4.2C10H17N3.C9H16N4.6CH4/c1-5-9-12-13-10-8-14(11(2,3)4)6-7-15(9)10;1-9(2,3)16-4-5-17-7(6-16)14-15-8(17)10(11,12)13;1-8-11-12-9-7-13(10(2,3)4)5-6-14(8)9;1-10(2,3)13-5-4-12-8-11-6-9(12)7-13;1-10(2,3)13-5-4-8-9(6-13)12-7-11-8;1-9(2,3)13-5-4-12-7-10-11-8(12)6-13;;;;;;/h5-8H2,1-4H3;4-6H2,1-3H3;5-7H2,1-4H3;6,8H,4-5,7H2,1-3H3;7H,4-6H2,1-3H3,(H,11,12);7H,4-6H2,1-3H3;6*1H4. The number of hydrogen-bond acceptors (Lipinski definition) is 16. The van der Waals surface area contributed by atoms with Gasteiger partial charge in [-0.15, -0.1) is 40.8 Å². The van der Waals surface area contributed by atoms with Gasteiger partial charge in [0.2, 0.25) is 5.82 Å². The fraction of sp³-hybridized carbons (Fsp3) is 0.788. The molecule has 0 aromatic carbocycles. The monoisotopic (exact) mass is 1290 g/mol. The maximum Gasteiger partial charge on any atom is 0.451 e. The minimum absolute atomic E-state index is 0. The lowest BCUT2D eigenvalue weighted by molar-refractivity contribution is -0.148. The molecule has 6 aromatic rings. The van der Waals surface area contributed by atoms with E-state index in [9.17, 15) is 13.2 Å². The van der Waals surface area contributed by atoms with Crippen molar-refractivity contribution in [2.75, 3.05) is 39.3 Å². The van der Waals surface area contributed by atoms with Crippen LogP contribution >= 0.6 is 0 Å². The van der Waals surface area contributed by atoms with Crippen molar-refractivity contribution in [3.63, 3.8) is 0 Å². The van der Waals surface area contributed by atoms with Gasteiger partial charge in [-0.05, 0) is 132 Å². The highest BCUT2D eigenvalue weighted by molar-refractivity contribution is 5.15. The van der Waals surface area contributed by atoms with Crippen LogP contribution in [0, 0.1) is 6.92 Å². The molecule has 0 atom stereocenters. The SMILES string of the molecule is C.C.C.C.C.C.CC(C)(C)N1CCc2nc[nH]c2C1.CC(C)(C)N1CCn2c(nnc2C(F)(F)F)C1.CC(C)(C)N1CCn2cncc2C1.CC(C)(C)N1CCn2cnnc2C1.CCc1nnc2n1CCN(C(C)(C)C)C2.Cc1nnc2n1CCN(C(C)(C)C)C2. The first-order valence-electron chi connectivity index (χ1n) is 30.6. The summed E-state index contributed by atoms with van der Waals surface area (Å²) in [4.78, 5) is 26.0. The number of aromatic amines is 1. The van der Waals surface area contributed by atoms with Crippen LogP contribution < -0.4 is 0 Å². The maximum atomic E-state index is 12.6. The number of hydrogen-bond donors (Lipinski definition) is 1. The lowest BCUT2D eigenvalue weighted by Gasteiger charge is -2.38. The van der Waals surface area contributed by atoms with E-state index in [1.807, 2.05) is 46.5 Å². The van der Waals surface area contributed by atoms with E-state index in [1.54, 1.807) is 6.33 Å². The van der Waals surface area contributed by atoms with E-state index in [2.05, 4.69) is 214 Å². The number of aryl methyl sites for hydroxylation is 2. The summed E-state index contributed by atoms with van der Waals surface area (Å²) in [5.41, 5.74) is 5.03. The Hall–Kier alpha value is -5.47. The van der Waals surface area contributed by atoms with E-state index < -0.39 is 12.0 Å². The van der Waals surface area contributed by atoms with Crippen LogP contribution in [-0.4, -0.2) is 180 Å². The van der Waals surface area contributed by atoms with Gasteiger partial charge >= 0.3 is 6.18 Å². The number of H-pyrrole nitrogens is 1. The summed E-state index contributed by atoms with van der Waals surface area (Å²) in [6.45, 7) is 59.8. The molecule has 22 nitrogen and oxygen atoms in total. The smallest absolute Gasteiger partial charge is 0.347 e. The van der Waals surface area contributed by atoms with Gasteiger partial charge in [0.15, 0.2) is 0 Å². The predicted octanol–water partition coefficient (Wildman–Crippen LogP) is 12.3. The van der Waals surface area contributed by atoms with Crippen LogP contribution in [0.5, 0.6) is 0 Å². The van der Waals surface area contributed by atoms with Crippen LogP contribution in [0.3, 0.4) is 0 Å². The number of aromatic nitrogens is 16. The van der Waals surface area contributed by atoms with Crippen molar-refractivity contribution in [1.29, 1.82) is 0 Å². The molecule has 0 saturated heterocycles. The molecule has 12 heterocycles. The molecule has 0 fully saturated rings. The van der Waals surface area contributed by atoms with Crippen LogP contribution in [0.15, 0.2) is 25.2 Å². The van der Waals surface area contributed by atoms with Gasteiger partial charge in [-0.25, -0.2) is 9.97 Å². The van der Waals surface area contributed by atoms with E-state index in [4.69, 9.17) is 0 Å². The molecule has 25 heteroatoms. The molecule has 12 rings (SSSR count). The number of rotatable bonds is 1. The van der Waals surface area contributed by atoms with Crippen molar-refractivity contribution < 1.29 is 13.2 Å². The molecular formula is C66H127F3N22. The van der Waals surface area contributed by atoms with Gasteiger partial charge in [0.25, 0.3) is 0 Å². The Morgan fingerprint density at radius 3 is 1.35 bits per heavy atom. The van der Waals surface area contributed by atoms with Gasteiger partial charge in [0.05, 0.1) is 55.9 Å². The van der Waals surface area contributed by atoms with E-state index in [1.165, 1.54) is 21.6 Å². The first kappa shape index (κ1) is 83.5. The van der Waals surface area contributed by atoms with Crippen molar-refractivity contribution in [3.8, 4) is 0 Å². The molecule has 0 spiro atoms. The van der Waals surface area contributed by atoms with E-state index in [0.29, 0.717) is 18.9 Å². The Balaban J connectivity index is 0.000000540. The van der Waals surface area contributed by atoms with Crippen molar-refractivity contribution >= 4 is 0 Å². The fourth-order valence-electron chi connectivity index (χ4n) is 11.0. The average molecular weight is 1290 g/mol. The summed E-state index contributed by atoms with van der Waals surface area (Å²) >= 11 is 0. The summed E-state index contributed by atoms with van der Waals surface area (Å²) in [6.07, 6.45) is 5.15. The Morgan fingerprint density at radius 1 is 0.429 bits per heavy atom. The van der Waals surface area contributed by atoms with E-state index in [0.717, 1.165) is 134 Å². The lowest BCUT2D eigenvalue weighted by atomic mass is 10.0. The number of imidazole rings is 2. The molecule has 6 aromatic heterocycles. The minimum atomic E-state index is -4.42. The molecule has 522 valence electrons. The van der Waals surface area contributed by atoms with Crippen LogP contribution in [0.4, 0.5) is 13.2 Å². The maximum absolute atomic E-state index is 12.6. The Kier molecular flexibility index (Phi) is 30.4. The third-order valence-corrected chi connectivity index (χ3v) is 17.0. The molecule has 0 aliphatic carbocycles. The number of halogens is 3. The van der Waals surface area contributed by atoms with Crippen LogP contribution in [0.25, 0.3) is 0 Å². The summed E-state index contributed by atoms with van der Waals surface area (Å²) in [6, 6.07) is 0. The molecule has 1 N–H and O–H groups in total. The third-order valence-electron chi connectivity index (χ3n) is 17.0. The van der Waals surface area contributed by atoms with Gasteiger partial charge in [0, 0.05) is 137 Å². The van der Waals surface area contributed by atoms with Crippen molar-refractivity contribution in [2.24, 2.45) is 0 Å². The zero-order chi connectivity index (χ0) is 62.7. The molecule has 0 bridgehead atoms. The number of alkyl halides is 3. The highest BCUT2D eigenvalue weighted by Crippen LogP contribution is 2.31. The largest absolute Gasteiger partial charge is 0.451 e. The predicted molar refractivity (Wildman–Crippen MR) is 365 cm³/mol. The van der Waals surface area contributed by atoms with Gasteiger partial charge in [-0.2, -0.15) is 13.2 Å². The van der Waals surface area contributed by atoms with E-state index >= 15 is 0 Å². The fourth-order valence-corrected chi connectivity index (χ4v) is 11.0. The second kappa shape index (κ2) is 33.1. The Labute approximate surface area is 548 Å². The zero-order valence-electron chi connectivity index (χ0n) is 55.3. The Morgan fingerprint density at radius 2 is 0.846 bits per heavy atom. The summed E-state index contributed by atoms with van der Waals surface area (Å²) in [5.74, 6) is 4.96. The molecule has 91 heavy (non-hydrogen) atoms. The van der Waals surface area contributed by atoms with Crippen molar-refractivity contribution in [2.45, 2.75) is 307 Å². The molecule has 0 radical (unpaired) electrons. The second-order valence-electron chi connectivity index (χ2n) is 29.1. The molecule has 6 aliphatic rings. The quantitative estimate of drug-likeness (QED) is 0.163. The third kappa shape index (κ3) is 22.1. The molecule has 0 amide bonds. The van der Waals surface area contributed by atoms with Crippen LogP contribution in [-0.2, 0) is 91.0 Å². The minimum Gasteiger partial charge on any atom is -0.347 e. The van der Waals surface area contributed by atoms with Crippen molar-refractivity contribution in [3.05, 3.63) is 83.0 Å². The zero-order valence-corrected chi connectivity index (χ0v) is 55.3. The Bertz CT molecular complexity index is 2890. The molecule has 0 unspecified atom stereocenters. The van der Waals surface area contributed by atoms with Gasteiger partial charge in [-0.1, -0.05) is 51.5 Å². The summed E-state index contributed by atoms with van der Waals surface area (Å²) in [7, 11) is 0. The normalized spacial score (nSPS) is 17.2. The number of fused-ring (bicyclic) bond motifs is 6.